The smallest absolute Gasteiger partial charge is 0.306 e. The van der Waals surface area contributed by atoms with E-state index in [0.717, 1.165) is 26.1 Å². The molecular weight excluding hydrogens is 175 g/mol. The van der Waals surface area contributed by atoms with Gasteiger partial charge in [0.25, 0.3) is 0 Å². The van der Waals surface area contributed by atoms with Crippen LogP contribution in [0.15, 0.2) is 0 Å². The molecule has 0 aromatic rings. The fourth-order valence-electron chi connectivity index (χ4n) is 1.30. The largest absolute Gasteiger partial charge is 0.343 e. The molecule has 12 heavy (non-hydrogen) atoms. The van der Waals surface area contributed by atoms with Crippen LogP contribution in [0.1, 0.15) is 20.3 Å². The lowest BCUT2D eigenvalue weighted by atomic mass is 10.5. The minimum atomic E-state index is -2.64. The van der Waals surface area contributed by atoms with Crippen LogP contribution in [0.4, 0.5) is 0 Å². The lowest BCUT2D eigenvalue weighted by Gasteiger charge is -2.32. The van der Waals surface area contributed by atoms with E-state index >= 15 is 0 Å². The number of nitrogens with one attached hydrogen (secondary N) is 1. The molecule has 1 aliphatic heterocycles. The number of rotatable bonds is 3. The number of nitrogens with zero attached hydrogens (tertiary/aromatic N) is 1. The van der Waals surface area contributed by atoms with Gasteiger partial charge in [-0.25, -0.2) is 9.76 Å². The SMILES string of the molecule is CCN(CC)P1(=O)NCCCO1. The van der Waals surface area contributed by atoms with E-state index in [9.17, 15) is 4.57 Å². The Morgan fingerprint density at radius 1 is 1.50 bits per heavy atom. The molecule has 1 atom stereocenters. The molecule has 0 amide bonds. The lowest BCUT2D eigenvalue weighted by molar-refractivity contribution is 0.232. The molecule has 72 valence electrons. The molecule has 0 saturated carbocycles. The highest BCUT2D eigenvalue weighted by atomic mass is 31.2. The van der Waals surface area contributed by atoms with Crippen molar-refractivity contribution in [3.05, 3.63) is 0 Å². The number of hydrogen-bond acceptors (Lipinski definition) is 2. The Morgan fingerprint density at radius 2 is 2.17 bits per heavy atom. The molecule has 0 aliphatic carbocycles. The van der Waals surface area contributed by atoms with Crippen LogP contribution >= 0.6 is 7.67 Å². The van der Waals surface area contributed by atoms with Crippen molar-refractivity contribution >= 4 is 7.67 Å². The van der Waals surface area contributed by atoms with E-state index in [0.29, 0.717) is 6.61 Å². The summed E-state index contributed by atoms with van der Waals surface area (Å²) >= 11 is 0. The van der Waals surface area contributed by atoms with Crippen molar-refractivity contribution in [2.45, 2.75) is 20.3 Å². The van der Waals surface area contributed by atoms with Crippen LogP contribution in [0.25, 0.3) is 0 Å². The first kappa shape index (κ1) is 10.2. The van der Waals surface area contributed by atoms with Gasteiger partial charge in [0, 0.05) is 19.6 Å². The van der Waals surface area contributed by atoms with E-state index in [1.165, 1.54) is 0 Å². The fraction of sp³-hybridized carbons (Fsp3) is 1.00. The highest BCUT2D eigenvalue weighted by Gasteiger charge is 2.31. The van der Waals surface area contributed by atoms with Gasteiger partial charge in [-0.05, 0) is 6.42 Å². The molecule has 1 heterocycles. The van der Waals surface area contributed by atoms with Crippen molar-refractivity contribution in [1.82, 2.24) is 9.76 Å². The predicted octanol–water partition coefficient (Wildman–Crippen LogP) is 1.45. The second-order valence-corrected chi connectivity index (χ2v) is 4.94. The highest BCUT2D eigenvalue weighted by molar-refractivity contribution is 7.54. The monoisotopic (exact) mass is 192 g/mol. The van der Waals surface area contributed by atoms with E-state index in [1.54, 1.807) is 0 Å². The maximum absolute atomic E-state index is 12.0. The molecule has 5 heteroatoms. The van der Waals surface area contributed by atoms with E-state index in [2.05, 4.69) is 5.09 Å². The molecule has 0 bridgehead atoms. The van der Waals surface area contributed by atoms with Gasteiger partial charge in [0.05, 0.1) is 6.61 Å². The molecule has 1 unspecified atom stereocenters. The first-order valence-electron chi connectivity index (χ1n) is 4.48. The van der Waals surface area contributed by atoms with E-state index in [1.807, 2.05) is 18.5 Å². The summed E-state index contributed by atoms with van der Waals surface area (Å²) in [7, 11) is -2.64. The van der Waals surface area contributed by atoms with Crippen LogP contribution in [0.2, 0.25) is 0 Å². The van der Waals surface area contributed by atoms with Crippen LogP contribution < -0.4 is 5.09 Å². The zero-order valence-corrected chi connectivity index (χ0v) is 8.64. The van der Waals surface area contributed by atoms with E-state index in [4.69, 9.17) is 4.52 Å². The third-order valence-corrected chi connectivity index (χ3v) is 4.47. The third kappa shape index (κ3) is 2.07. The molecule has 0 aromatic heterocycles. The van der Waals surface area contributed by atoms with Crippen LogP contribution in [0.3, 0.4) is 0 Å². The molecule has 4 nitrogen and oxygen atoms in total. The zero-order valence-electron chi connectivity index (χ0n) is 7.75. The standard InChI is InChI=1S/C7H17N2O2P/c1-3-9(4-2)12(10)8-6-5-7-11-12/h3-7H2,1-2H3,(H,8,10). The summed E-state index contributed by atoms with van der Waals surface area (Å²) in [5.74, 6) is 0. The van der Waals surface area contributed by atoms with Crippen LogP contribution in [0.5, 0.6) is 0 Å². The summed E-state index contributed by atoms with van der Waals surface area (Å²) in [6.45, 7) is 6.92. The van der Waals surface area contributed by atoms with Gasteiger partial charge in [0.1, 0.15) is 0 Å². The molecule has 1 saturated heterocycles. The summed E-state index contributed by atoms with van der Waals surface area (Å²) in [6.07, 6.45) is 0.950. The van der Waals surface area contributed by atoms with Crippen LogP contribution in [0, 0.1) is 0 Å². The van der Waals surface area contributed by atoms with Gasteiger partial charge in [-0.15, -0.1) is 0 Å². The topological polar surface area (TPSA) is 41.6 Å². The Hall–Kier alpha value is 0.110. The zero-order chi connectivity index (χ0) is 9.03. The average Bonchev–Trinajstić information content (AvgIpc) is 2.07. The Kier molecular flexibility index (Phi) is 3.72. The molecular formula is C7H17N2O2P. The summed E-state index contributed by atoms with van der Waals surface area (Å²) in [5.41, 5.74) is 0. The average molecular weight is 192 g/mol. The Labute approximate surface area is 73.8 Å². The molecule has 0 aromatic carbocycles. The van der Waals surface area contributed by atoms with Gasteiger partial charge >= 0.3 is 7.67 Å². The molecule has 0 spiro atoms. The summed E-state index contributed by atoms with van der Waals surface area (Å²) in [6, 6.07) is 0. The lowest BCUT2D eigenvalue weighted by Crippen LogP contribution is -2.33. The Balaban J connectivity index is 2.60. The van der Waals surface area contributed by atoms with Crippen molar-refractivity contribution < 1.29 is 9.09 Å². The maximum Gasteiger partial charge on any atom is 0.343 e. The quantitative estimate of drug-likeness (QED) is 0.687. The second kappa shape index (κ2) is 4.38. The first-order valence-corrected chi connectivity index (χ1v) is 6.06. The van der Waals surface area contributed by atoms with Crippen molar-refractivity contribution in [3.8, 4) is 0 Å². The van der Waals surface area contributed by atoms with Crippen molar-refractivity contribution in [1.29, 1.82) is 0 Å². The summed E-state index contributed by atoms with van der Waals surface area (Å²) in [4.78, 5) is 0. The normalized spacial score (nSPS) is 30.9. The minimum absolute atomic E-state index is 0.612. The van der Waals surface area contributed by atoms with Crippen LogP contribution in [-0.2, 0) is 9.09 Å². The third-order valence-electron chi connectivity index (χ3n) is 2.00. The van der Waals surface area contributed by atoms with Gasteiger partial charge in [-0.2, -0.15) is 0 Å². The summed E-state index contributed by atoms with van der Waals surface area (Å²) < 4.78 is 19.1. The Morgan fingerprint density at radius 3 is 2.58 bits per heavy atom. The van der Waals surface area contributed by atoms with Crippen molar-refractivity contribution in [3.63, 3.8) is 0 Å². The molecule has 1 rings (SSSR count). The van der Waals surface area contributed by atoms with E-state index < -0.39 is 7.67 Å². The maximum atomic E-state index is 12.0. The van der Waals surface area contributed by atoms with E-state index in [-0.39, 0.29) is 0 Å². The van der Waals surface area contributed by atoms with Crippen molar-refractivity contribution in [2.24, 2.45) is 0 Å². The van der Waals surface area contributed by atoms with Gasteiger partial charge in [-0.3, -0.25) is 4.57 Å². The van der Waals surface area contributed by atoms with Gasteiger partial charge in [0.15, 0.2) is 0 Å². The first-order chi connectivity index (χ1) is 5.73. The van der Waals surface area contributed by atoms with Gasteiger partial charge in [0.2, 0.25) is 0 Å². The molecule has 1 fully saturated rings. The fourth-order valence-corrected chi connectivity index (χ4v) is 3.32. The predicted molar refractivity (Wildman–Crippen MR) is 49.1 cm³/mol. The van der Waals surface area contributed by atoms with Gasteiger partial charge < -0.3 is 4.52 Å². The summed E-state index contributed by atoms with van der Waals surface area (Å²) in [5, 5.41) is 2.96. The second-order valence-electron chi connectivity index (χ2n) is 2.75. The molecule has 1 N–H and O–H groups in total. The minimum Gasteiger partial charge on any atom is -0.306 e. The molecule has 0 radical (unpaired) electrons. The van der Waals surface area contributed by atoms with Crippen LogP contribution in [-0.4, -0.2) is 30.9 Å². The van der Waals surface area contributed by atoms with Gasteiger partial charge in [-0.1, -0.05) is 13.8 Å². The highest BCUT2D eigenvalue weighted by Crippen LogP contribution is 2.47. The Bertz CT molecular complexity index is 172. The van der Waals surface area contributed by atoms with Crippen molar-refractivity contribution in [2.75, 3.05) is 26.2 Å². The number of hydrogen-bond donors (Lipinski definition) is 1. The molecule has 1 aliphatic rings.